The van der Waals surface area contributed by atoms with Gasteiger partial charge in [0, 0.05) is 24.9 Å². The fourth-order valence-corrected chi connectivity index (χ4v) is 3.26. The van der Waals surface area contributed by atoms with Gasteiger partial charge in [-0.3, -0.25) is 14.7 Å². The minimum Gasteiger partial charge on any atom is -0.473 e. The van der Waals surface area contributed by atoms with Crippen molar-refractivity contribution in [1.82, 2.24) is 15.2 Å². The lowest BCUT2D eigenvalue weighted by Gasteiger charge is -2.31. The number of amides is 1. The summed E-state index contributed by atoms with van der Waals surface area (Å²) < 4.78 is 0. The van der Waals surface area contributed by atoms with E-state index >= 15 is 0 Å². The number of carbonyl (C=O) groups is 3. The Morgan fingerprint density at radius 3 is 2.23 bits per heavy atom. The Balaban J connectivity index is 0.000000469. The molecule has 2 heterocycles. The van der Waals surface area contributed by atoms with Gasteiger partial charge in [-0.1, -0.05) is 36.4 Å². The van der Waals surface area contributed by atoms with Crippen LogP contribution in [0.25, 0.3) is 0 Å². The molecule has 3 N–H and O–H groups in total. The maximum Gasteiger partial charge on any atom is 0.414 e. The van der Waals surface area contributed by atoms with Gasteiger partial charge in [0.2, 0.25) is 5.91 Å². The molecule has 1 aromatic heterocycles. The minimum absolute atomic E-state index is 0.0622. The Morgan fingerprint density at radius 1 is 1.07 bits per heavy atom. The van der Waals surface area contributed by atoms with E-state index in [0.29, 0.717) is 0 Å². The van der Waals surface area contributed by atoms with Gasteiger partial charge in [0.15, 0.2) is 0 Å². The molecule has 2 aromatic rings. The molecule has 1 aromatic carbocycles. The summed E-state index contributed by atoms with van der Waals surface area (Å²) in [6.07, 6.45) is 5.57. The number of carboxylic acid groups (broad SMARTS) is 2. The van der Waals surface area contributed by atoms with Gasteiger partial charge in [-0.05, 0) is 50.0 Å². The normalized spacial score (nSPS) is 15.4. The second-order valence-corrected chi connectivity index (χ2v) is 7.16. The van der Waals surface area contributed by atoms with E-state index in [2.05, 4.69) is 33.4 Å². The van der Waals surface area contributed by atoms with Crippen molar-refractivity contribution in [3.63, 3.8) is 0 Å². The second kappa shape index (κ2) is 11.7. The Kier molecular flexibility index (Phi) is 8.96. The maximum atomic E-state index is 12.5. The van der Waals surface area contributed by atoms with Gasteiger partial charge in [-0.25, -0.2) is 9.59 Å². The number of nitrogens with zero attached hydrogens (tertiary/aromatic N) is 2. The van der Waals surface area contributed by atoms with E-state index < -0.39 is 11.9 Å². The van der Waals surface area contributed by atoms with Crippen LogP contribution < -0.4 is 5.32 Å². The third-order valence-electron chi connectivity index (χ3n) is 4.93. The first-order chi connectivity index (χ1) is 14.4. The lowest BCUT2D eigenvalue weighted by Crippen LogP contribution is -2.40. The summed E-state index contributed by atoms with van der Waals surface area (Å²) in [5.74, 6) is -3.33. The molecule has 0 aliphatic carbocycles. The molecule has 1 saturated heterocycles. The summed E-state index contributed by atoms with van der Waals surface area (Å²) in [5.41, 5.74) is 2.39. The first kappa shape index (κ1) is 23.0. The minimum atomic E-state index is -1.82. The average molecular weight is 413 g/mol. The molecule has 1 fully saturated rings. The van der Waals surface area contributed by atoms with Gasteiger partial charge >= 0.3 is 11.9 Å². The Hall–Kier alpha value is -3.26. The van der Waals surface area contributed by atoms with E-state index in [1.165, 1.54) is 5.56 Å². The van der Waals surface area contributed by atoms with E-state index in [-0.39, 0.29) is 17.9 Å². The molecule has 0 spiro atoms. The molecule has 3 rings (SSSR count). The third-order valence-corrected chi connectivity index (χ3v) is 4.93. The first-order valence-electron chi connectivity index (χ1n) is 9.79. The van der Waals surface area contributed by atoms with Crippen LogP contribution in [0.15, 0.2) is 54.9 Å². The quantitative estimate of drug-likeness (QED) is 0.644. The van der Waals surface area contributed by atoms with Crippen LogP contribution in [-0.2, 0) is 20.9 Å². The smallest absolute Gasteiger partial charge is 0.414 e. The summed E-state index contributed by atoms with van der Waals surface area (Å²) in [5, 5.41) is 17.9. The highest BCUT2D eigenvalue weighted by Gasteiger charge is 2.25. The second-order valence-electron chi connectivity index (χ2n) is 7.16. The SMILES string of the molecule is CC(NC(=O)C1CCN(Cc2cccnc2)CC1)c1ccccc1.O=C(O)C(=O)O. The number of benzene rings is 1. The number of aliphatic carboxylic acids is 2. The number of hydrogen-bond acceptors (Lipinski definition) is 5. The molecule has 1 atom stereocenters. The van der Waals surface area contributed by atoms with E-state index in [0.717, 1.165) is 38.0 Å². The number of piperidine rings is 1. The number of carboxylic acids is 2. The Labute approximate surface area is 175 Å². The Bertz CT molecular complexity index is 809. The Morgan fingerprint density at radius 2 is 1.70 bits per heavy atom. The number of pyridine rings is 1. The van der Waals surface area contributed by atoms with Crippen molar-refractivity contribution in [1.29, 1.82) is 0 Å². The number of rotatable bonds is 5. The number of hydrogen-bond donors (Lipinski definition) is 3. The number of carbonyl (C=O) groups excluding carboxylic acids is 1. The third kappa shape index (κ3) is 7.63. The molecule has 160 valence electrons. The van der Waals surface area contributed by atoms with Gasteiger partial charge in [0.1, 0.15) is 0 Å². The van der Waals surface area contributed by atoms with Crippen molar-refractivity contribution < 1.29 is 24.6 Å². The van der Waals surface area contributed by atoms with E-state index in [1.54, 1.807) is 6.20 Å². The van der Waals surface area contributed by atoms with Crippen LogP contribution in [0.1, 0.15) is 36.9 Å². The molecule has 0 saturated carbocycles. The molecule has 8 nitrogen and oxygen atoms in total. The fourth-order valence-electron chi connectivity index (χ4n) is 3.26. The van der Waals surface area contributed by atoms with Crippen LogP contribution >= 0.6 is 0 Å². The van der Waals surface area contributed by atoms with Crippen LogP contribution in [0, 0.1) is 5.92 Å². The van der Waals surface area contributed by atoms with Gasteiger partial charge in [0.05, 0.1) is 6.04 Å². The van der Waals surface area contributed by atoms with E-state index in [4.69, 9.17) is 19.8 Å². The predicted octanol–water partition coefficient (Wildman–Crippen LogP) is 2.33. The molecule has 1 amide bonds. The monoisotopic (exact) mass is 413 g/mol. The van der Waals surface area contributed by atoms with Crippen molar-refractivity contribution in [3.05, 3.63) is 66.0 Å². The standard InChI is InChI=1S/C20H25N3O.C2H2O4/c1-16(18-7-3-2-4-8-18)22-20(24)19-9-12-23(13-10-19)15-17-6-5-11-21-14-17;3-1(4)2(5)6/h2-8,11,14,16,19H,9-10,12-13,15H2,1H3,(H,22,24);(H,3,4)(H,5,6). The van der Waals surface area contributed by atoms with Gasteiger partial charge in [-0.15, -0.1) is 0 Å². The topological polar surface area (TPSA) is 120 Å². The van der Waals surface area contributed by atoms with E-state index in [9.17, 15) is 4.79 Å². The number of nitrogens with one attached hydrogen (secondary N) is 1. The average Bonchev–Trinajstić information content (AvgIpc) is 2.76. The van der Waals surface area contributed by atoms with Crippen LogP contribution in [-0.4, -0.2) is 51.0 Å². The zero-order chi connectivity index (χ0) is 21.9. The molecule has 1 unspecified atom stereocenters. The summed E-state index contributed by atoms with van der Waals surface area (Å²) in [6, 6.07) is 14.3. The molecule has 1 aliphatic rings. The highest BCUT2D eigenvalue weighted by atomic mass is 16.4. The fraction of sp³-hybridized carbons (Fsp3) is 0.364. The lowest BCUT2D eigenvalue weighted by molar-refractivity contribution is -0.159. The predicted molar refractivity (Wildman–Crippen MR) is 111 cm³/mol. The van der Waals surface area contributed by atoms with Crippen LogP contribution in [0.2, 0.25) is 0 Å². The number of aromatic nitrogens is 1. The summed E-state index contributed by atoms with van der Waals surface area (Å²) in [7, 11) is 0. The molecule has 0 radical (unpaired) electrons. The zero-order valence-corrected chi connectivity index (χ0v) is 16.9. The van der Waals surface area contributed by atoms with Crippen molar-refractivity contribution in [2.45, 2.75) is 32.4 Å². The maximum absolute atomic E-state index is 12.5. The van der Waals surface area contributed by atoms with Crippen molar-refractivity contribution in [2.24, 2.45) is 5.92 Å². The number of likely N-dealkylation sites (tertiary alicyclic amines) is 1. The highest BCUT2D eigenvalue weighted by molar-refractivity contribution is 6.27. The highest BCUT2D eigenvalue weighted by Crippen LogP contribution is 2.21. The molecular weight excluding hydrogens is 386 g/mol. The largest absolute Gasteiger partial charge is 0.473 e. The molecule has 0 bridgehead atoms. The zero-order valence-electron chi connectivity index (χ0n) is 16.9. The van der Waals surface area contributed by atoms with Crippen molar-refractivity contribution >= 4 is 17.8 Å². The summed E-state index contributed by atoms with van der Waals surface area (Å²) >= 11 is 0. The van der Waals surface area contributed by atoms with Crippen molar-refractivity contribution in [3.8, 4) is 0 Å². The molecular formula is C22H27N3O5. The first-order valence-corrected chi connectivity index (χ1v) is 9.79. The van der Waals surface area contributed by atoms with Gasteiger partial charge in [0.25, 0.3) is 0 Å². The van der Waals surface area contributed by atoms with Crippen LogP contribution in [0.5, 0.6) is 0 Å². The van der Waals surface area contributed by atoms with Gasteiger partial charge < -0.3 is 15.5 Å². The molecule has 8 heteroatoms. The summed E-state index contributed by atoms with van der Waals surface area (Å²) in [4.78, 5) is 37.3. The molecule has 1 aliphatic heterocycles. The van der Waals surface area contributed by atoms with Crippen LogP contribution in [0.4, 0.5) is 0 Å². The van der Waals surface area contributed by atoms with Crippen molar-refractivity contribution in [2.75, 3.05) is 13.1 Å². The summed E-state index contributed by atoms with van der Waals surface area (Å²) in [6.45, 7) is 4.90. The lowest BCUT2D eigenvalue weighted by atomic mass is 9.95. The van der Waals surface area contributed by atoms with Gasteiger partial charge in [-0.2, -0.15) is 0 Å². The van der Waals surface area contributed by atoms with E-state index in [1.807, 2.05) is 37.4 Å². The molecule has 30 heavy (non-hydrogen) atoms. The van der Waals surface area contributed by atoms with Crippen LogP contribution in [0.3, 0.4) is 0 Å².